The van der Waals surface area contributed by atoms with E-state index >= 15 is 0 Å². The molecule has 0 aromatic rings. The summed E-state index contributed by atoms with van der Waals surface area (Å²) in [5.41, 5.74) is 0. The Balaban J connectivity index is 0.00000392. The molecule has 0 aliphatic carbocycles. The van der Waals surface area contributed by atoms with Gasteiger partial charge in [0.05, 0.1) is 26.4 Å². The Hall–Kier alpha value is -0.330. The van der Waals surface area contributed by atoms with Crippen LogP contribution in [-0.2, 0) is 9.47 Å². The van der Waals surface area contributed by atoms with Gasteiger partial charge in [0.15, 0.2) is 5.96 Å². The number of alkyl halides is 3. The van der Waals surface area contributed by atoms with Crippen molar-refractivity contribution in [2.45, 2.75) is 25.9 Å². The van der Waals surface area contributed by atoms with Gasteiger partial charge in [0.25, 0.3) is 0 Å². The first-order valence-corrected chi connectivity index (χ1v) is 9.80. The van der Waals surface area contributed by atoms with Crippen molar-refractivity contribution in [3.05, 3.63) is 0 Å². The van der Waals surface area contributed by atoms with Gasteiger partial charge < -0.3 is 19.7 Å². The van der Waals surface area contributed by atoms with Crippen molar-refractivity contribution >= 4 is 29.9 Å². The van der Waals surface area contributed by atoms with Gasteiger partial charge in [-0.05, 0) is 32.2 Å². The quantitative estimate of drug-likeness (QED) is 0.218. The largest absolute Gasteiger partial charge is 0.401 e. The van der Waals surface area contributed by atoms with E-state index in [-0.39, 0.29) is 29.9 Å². The predicted molar refractivity (Wildman–Crippen MR) is 114 cm³/mol. The first-order valence-electron chi connectivity index (χ1n) is 9.80. The lowest BCUT2D eigenvalue weighted by molar-refractivity contribution is -0.143. The van der Waals surface area contributed by atoms with Crippen LogP contribution >= 0.6 is 24.0 Å². The minimum Gasteiger partial charge on any atom is -0.382 e. The number of nitrogens with one attached hydrogen (secondary N) is 1. The number of nitrogens with zero attached hydrogens (tertiary/aromatic N) is 3. The van der Waals surface area contributed by atoms with Crippen molar-refractivity contribution in [1.29, 1.82) is 0 Å². The van der Waals surface area contributed by atoms with E-state index in [0.717, 1.165) is 38.4 Å². The average molecular weight is 522 g/mol. The van der Waals surface area contributed by atoms with Crippen LogP contribution in [0.3, 0.4) is 0 Å². The van der Waals surface area contributed by atoms with Crippen molar-refractivity contribution in [3.63, 3.8) is 0 Å². The number of rotatable bonds is 9. The molecule has 2 saturated heterocycles. The van der Waals surface area contributed by atoms with Crippen LogP contribution in [0.5, 0.6) is 0 Å². The fourth-order valence-electron chi connectivity index (χ4n) is 3.65. The third-order valence-corrected chi connectivity index (χ3v) is 4.98. The number of aliphatic imine (C=N–C) groups is 1. The van der Waals surface area contributed by atoms with E-state index in [1.54, 1.807) is 7.11 Å². The third-order valence-electron chi connectivity index (χ3n) is 4.98. The number of halogens is 4. The number of hydrogen-bond acceptors (Lipinski definition) is 4. The monoisotopic (exact) mass is 522 g/mol. The molecule has 0 radical (unpaired) electrons. The van der Waals surface area contributed by atoms with Gasteiger partial charge in [-0.2, -0.15) is 13.2 Å². The Morgan fingerprint density at radius 2 is 1.89 bits per heavy atom. The van der Waals surface area contributed by atoms with Crippen molar-refractivity contribution in [1.82, 2.24) is 15.1 Å². The van der Waals surface area contributed by atoms with Gasteiger partial charge in [0, 0.05) is 45.8 Å². The molecule has 10 heteroatoms. The molecule has 2 aliphatic rings. The van der Waals surface area contributed by atoms with Gasteiger partial charge in [-0.25, -0.2) is 0 Å². The van der Waals surface area contributed by atoms with Crippen LogP contribution in [0, 0.1) is 11.8 Å². The van der Waals surface area contributed by atoms with Crippen LogP contribution in [-0.4, -0.2) is 94.7 Å². The van der Waals surface area contributed by atoms with Gasteiger partial charge >= 0.3 is 6.18 Å². The van der Waals surface area contributed by atoms with E-state index in [1.807, 2.05) is 6.92 Å². The zero-order valence-corrected chi connectivity index (χ0v) is 19.2. The molecular formula is C18H34F3IN4O2. The van der Waals surface area contributed by atoms with Crippen molar-refractivity contribution < 1.29 is 22.6 Å². The fourth-order valence-corrected chi connectivity index (χ4v) is 3.65. The molecule has 1 N–H and O–H groups in total. The molecular weight excluding hydrogens is 488 g/mol. The van der Waals surface area contributed by atoms with Crippen LogP contribution in [0.2, 0.25) is 0 Å². The summed E-state index contributed by atoms with van der Waals surface area (Å²) in [4.78, 5) is 8.43. The molecule has 0 aromatic carbocycles. The molecule has 2 rings (SSSR count). The number of likely N-dealkylation sites (tertiary alicyclic amines) is 2. The Labute approximate surface area is 183 Å². The van der Waals surface area contributed by atoms with E-state index in [2.05, 4.69) is 10.2 Å². The molecule has 0 spiro atoms. The highest BCUT2D eigenvalue weighted by atomic mass is 127. The summed E-state index contributed by atoms with van der Waals surface area (Å²) in [5, 5.41) is 3.32. The summed E-state index contributed by atoms with van der Waals surface area (Å²) >= 11 is 0. The summed E-state index contributed by atoms with van der Waals surface area (Å²) < 4.78 is 48.2. The maximum absolute atomic E-state index is 12.5. The minimum absolute atomic E-state index is 0. The highest BCUT2D eigenvalue weighted by Gasteiger charge is 2.34. The Kier molecular flexibility index (Phi) is 12.0. The lowest BCUT2D eigenvalue weighted by Crippen LogP contribution is -2.40. The van der Waals surface area contributed by atoms with E-state index in [1.165, 1.54) is 4.90 Å². The van der Waals surface area contributed by atoms with Crippen molar-refractivity contribution in [2.24, 2.45) is 16.8 Å². The number of ether oxygens (including phenoxy) is 2. The van der Waals surface area contributed by atoms with E-state index in [9.17, 15) is 13.2 Å². The Morgan fingerprint density at radius 3 is 2.57 bits per heavy atom. The second-order valence-corrected chi connectivity index (χ2v) is 7.37. The minimum atomic E-state index is -4.12. The van der Waals surface area contributed by atoms with Gasteiger partial charge in [-0.1, -0.05) is 0 Å². The van der Waals surface area contributed by atoms with Gasteiger partial charge in [0.2, 0.25) is 0 Å². The molecule has 28 heavy (non-hydrogen) atoms. The van der Waals surface area contributed by atoms with Crippen LogP contribution in [0.25, 0.3) is 0 Å². The summed E-state index contributed by atoms with van der Waals surface area (Å²) in [7, 11) is 1.66. The number of hydrogen-bond donors (Lipinski definition) is 1. The average Bonchev–Trinajstić information content (AvgIpc) is 3.23. The first kappa shape index (κ1) is 25.7. The molecule has 166 valence electrons. The molecule has 2 unspecified atom stereocenters. The molecule has 0 bridgehead atoms. The van der Waals surface area contributed by atoms with Crippen LogP contribution in [0.15, 0.2) is 4.99 Å². The normalized spacial score (nSPS) is 23.9. The molecule has 6 nitrogen and oxygen atoms in total. The van der Waals surface area contributed by atoms with Gasteiger partial charge in [0.1, 0.15) is 0 Å². The number of guanidine groups is 1. The van der Waals surface area contributed by atoms with Crippen molar-refractivity contribution in [3.8, 4) is 0 Å². The zero-order chi connectivity index (χ0) is 19.7. The SMILES string of the molecule is CCNC(=NCC1CCN(CC(F)(F)F)C1)N1CCC(COCCOC)C1.I. The molecule has 2 aliphatic heterocycles. The molecule has 0 amide bonds. The second kappa shape index (κ2) is 13.1. The summed E-state index contributed by atoms with van der Waals surface area (Å²) in [6, 6.07) is 0. The van der Waals surface area contributed by atoms with Crippen LogP contribution in [0.1, 0.15) is 19.8 Å². The highest BCUT2D eigenvalue weighted by Crippen LogP contribution is 2.23. The topological polar surface area (TPSA) is 49.3 Å². The van der Waals surface area contributed by atoms with Crippen molar-refractivity contribution in [2.75, 3.05) is 72.7 Å². The first-order chi connectivity index (χ1) is 12.9. The van der Waals surface area contributed by atoms with Gasteiger partial charge in [-0.3, -0.25) is 9.89 Å². The molecule has 0 saturated carbocycles. The summed E-state index contributed by atoms with van der Waals surface area (Å²) in [6.07, 6.45) is -2.29. The summed E-state index contributed by atoms with van der Waals surface area (Å²) in [5.74, 6) is 1.53. The standard InChI is InChI=1S/C18H33F3N4O2.HI/c1-3-22-17(25-7-5-16(12-25)13-27-9-8-26-2)23-10-15-4-6-24(11-15)14-18(19,20)21;/h15-16H,3-14H2,1-2H3,(H,22,23);1H. The fraction of sp³-hybridized carbons (Fsp3) is 0.944. The Morgan fingerprint density at radius 1 is 1.14 bits per heavy atom. The zero-order valence-electron chi connectivity index (χ0n) is 16.8. The van der Waals surface area contributed by atoms with E-state index in [0.29, 0.717) is 45.4 Å². The smallest absolute Gasteiger partial charge is 0.382 e. The molecule has 2 fully saturated rings. The van der Waals surface area contributed by atoms with Crippen LogP contribution < -0.4 is 5.32 Å². The maximum Gasteiger partial charge on any atom is 0.401 e. The molecule has 2 heterocycles. The predicted octanol–water partition coefficient (Wildman–Crippen LogP) is 2.44. The lowest BCUT2D eigenvalue weighted by atomic mass is 10.1. The second-order valence-electron chi connectivity index (χ2n) is 7.37. The van der Waals surface area contributed by atoms with Gasteiger partial charge in [-0.15, -0.1) is 24.0 Å². The van der Waals surface area contributed by atoms with Crippen LogP contribution in [0.4, 0.5) is 13.2 Å². The van der Waals surface area contributed by atoms with E-state index in [4.69, 9.17) is 14.5 Å². The Bertz CT molecular complexity index is 469. The maximum atomic E-state index is 12.5. The molecule has 2 atom stereocenters. The third kappa shape index (κ3) is 9.45. The van der Waals surface area contributed by atoms with E-state index < -0.39 is 12.7 Å². The molecule has 0 aromatic heterocycles. The summed E-state index contributed by atoms with van der Waals surface area (Å²) in [6.45, 7) is 7.27. The lowest BCUT2D eigenvalue weighted by Gasteiger charge is -2.22. The number of methoxy groups -OCH3 is 1. The highest BCUT2D eigenvalue weighted by molar-refractivity contribution is 14.0.